The lowest BCUT2D eigenvalue weighted by atomic mass is 10.1. The van der Waals surface area contributed by atoms with Gasteiger partial charge in [-0.15, -0.1) is 0 Å². The molecule has 0 saturated carbocycles. The number of hydrogen-bond acceptors (Lipinski definition) is 2. The lowest BCUT2D eigenvalue weighted by Gasteiger charge is -2.18. The molecule has 0 heterocycles. The third kappa shape index (κ3) is 7.10. The summed E-state index contributed by atoms with van der Waals surface area (Å²) in [5.41, 5.74) is 0. The van der Waals surface area contributed by atoms with Crippen molar-refractivity contribution in [3.05, 3.63) is 0 Å². The molecule has 0 radical (unpaired) electrons. The molecular formula is C6H14NO4PS. The standard InChI is InChI=1S/C6H14NO4PS/c1-4(2)3-5(6(8)9)7-12(10,11)13/h4-5H,3H2,1-2H3,(H,8,9)(H3,7,10,11,13)/t5-/m0/s1. The molecule has 0 rings (SSSR count). The number of carboxylic acids is 1. The molecule has 1 atom stereocenters. The van der Waals surface area contributed by atoms with Gasteiger partial charge in [0.15, 0.2) is 0 Å². The smallest absolute Gasteiger partial charge is 0.321 e. The Morgan fingerprint density at radius 2 is 2.00 bits per heavy atom. The average Bonchev–Trinajstić information content (AvgIpc) is 1.81. The van der Waals surface area contributed by atoms with E-state index >= 15 is 0 Å². The maximum absolute atomic E-state index is 10.6. The minimum Gasteiger partial charge on any atom is -0.480 e. The van der Waals surface area contributed by atoms with E-state index in [4.69, 9.17) is 14.9 Å². The molecule has 0 aliphatic heterocycles. The minimum absolute atomic E-state index is 0.148. The van der Waals surface area contributed by atoms with Crippen molar-refractivity contribution in [2.75, 3.05) is 0 Å². The van der Waals surface area contributed by atoms with Crippen LogP contribution in [0.25, 0.3) is 0 Å². The van der Waals surface area contributed by atoms with Gasteiger partial charge in [0.2, 0.25) is 0 Å². The van der Waals surface area contributed by atoms with Gasteiger partial charge in [-0.25, -0.2) is 5.09 Å². The lowest BCUT2D eigenvalue weighted by molar-refractivity contribution is -0.139. The second-order valence-electron chi connectivity index (χ2n) is 3.19. The fourth-order valence-corrected chi connectivity index (χ4v) is 1.89. The Bertz CT molecular complexity index is 227. The highest BCUT2D eigenvalue weighted by Gasteiger charge is 2.23. The van der Waals surface area contributed by atoms with Crippen molar-refractivity contribution in [2.45, 2.75) is 26.3 Å². The predicted octanol–water partition coefficient (Wildman–Crippen LogP) is 0.284. The normalized spacial score (nSPS) is 14.5. The minimum atomic E-state index is -3.63. The van der Waals surface area contributed by atoms with Crippen LogP contribution < -0.4 is 5.09 Å². The van der Waals surface area contributed by atoms with Gasteiger partial charge < -0.3 is 14.9 Å². The van der Waals surface area contributed by atoms with Crippen molar-refractivity contribution in [1.82, 2.24) is 5.09 Å². The second kappa shape index (κ2) is 5.02. The zero-order valence-electron chi connectivity index (χ0n) is 7.47. The van der Waals surface area contributed by atoms with Crippen LogP contribution in [0.5, 0.6) is 0 Å². The van der Waals surface area contributed by atoms with Crippen molar-refractivity contribution >= 4 is 24.4 Å². The summed E-state index contributed by atoms with van der Waals surface area (Å²) in [5, 5.41) is 10.8. The van der Waals surface area contributed by atoms with Crippen LogP contribution in [0.1, 0.15) is 20.3 Å². The van der Waals surface area contributed by atoms with E-state index in [-0.39, 0.29) is 5.92 Å². The first-order chi connectivity index (χ1) is 5.72. The third-order valence-electron chi connectivity index (χ3n) is 1.33. The second-order valence-corrected chi connectivity index (χ2v) is 6.07. The van der Waals surface area contributed by atoms with Gasteiger partial charge in [-0.1, -0.05) is 13.8 Å². The Morgan fingerprint density at radius 1 is 1.54 bits per heavy atom. The fraction of sp³-hybridized carbons (Fsp3) is 0.833. The highest BCUT2D eigenvalue weighted by Crippen LogP contribution is 2.30. The van der Waals surface area contributed by atoms with Gasteiger partial charge in [0, 0.05) is 0 Å². The number of carboxylic acid groups (broad SMARTS) is 1. The van der Waals surface area contributed by atoms with Gasteiger partial charge in [-0.2, -0.15) is 0 Å². The van der Waals surface area contributed by atoms with Crippen LogP contribution >= 0.6 is 6.64 Å². The molecule has 0 aromatic rings. The van der Waals surface area contributed by atoms with E-state index in [1.54, 1.807) is 0 Å². The summed E-state index contributed by atoms with van der Waals surface area (Å²) in [4.78, 5) is 28.3. The van der Waals surface area contributed by atoms with Crippen molar-refractivity contribution < 1.29 is 19.7 Å². The van der Waals surface area contributed by atoms with E-state index in [1.165, 1.54) is 0 Å². The average molecular weight is 227 g/mol. The van der Waals surface area contributed by atoms with Crippen LogP contribution in [0.3, 0.4) is 0 Å². The van der Waals surface area contributed by atoms with Gasteiger partial charge in [0.1, 0.15) is 6.04 Å². The summed E-state index contributed by atoms with van der Waals surface area (Å²) in [5.74, 6) is -0.971. The molecule has 0 aliphatic rings. The summed E-state index contributed by atoms with van der Waals surface area (Å²) in [6, 6.07) is -0.985. The zero-order valence-corrected chi connectivity index (χ0v) is 9.18. The molecule has 7 heteroatoms. The molecule has 13 heavy (non-hydrogen) atoms. The maximum Gasteiger partial charge on any atom is 0.321 e. The van der Waals surface area contributed by atoms with E-state index < -0.39 is 18.7 Å². The molecule has 5 nitrogen and oxygen atoms in total. The highest BCUT2D eigenvalue weighted by atomic mass is 32.5. The Labute approximate surface area is 82.0 Å². The molecule has 78 valence electrons. The number of hydrogen-bond donors (Lipinski definition) is 4. The van der Waals surface area contributed by atoms with E-state index in [0.29, 0.717) is 6.42 Å². The fourth-order valence-electron chi connectivity index (χ4n) is 0.883. The monoisotopic (exact) mass is 227 g/mol. The number of carbonyl (C=O) groups is 1. The predicted molar refractivity (Wildman–Crippen MR) is 52.7 cm³/mol. The van der Waals surface area contributed by atoms with Crippen molar-refractivity contribution in [2.24, 2.45) is 5.92 Å². The molecule has 0 spiro atoms. The van der Waals surface area contributed by atoms with Crippen LogP contribution in [0.15, 0.2) is 0 Å². The summed E-state index contributed by atoms with van der Waals surface area (Å²) in [6.45, 7) is 0.0568. The Kier molecular flexibility index (Phi) is 5.02. The van der Waals surface area contributed by atoms with Gasteiger partial charge >= 0.3 is 5.97 Å². The SMILES string of the molecule is CC(C)C[C@H](NP(O)(O)=S)C(=O)O. The lowest BCUT2D eigenvalue weighted by Crippen LogP contribution is -2.35. The van der Waals surface area contributed by atoms with Crippen molar-refractivity contribution in [1.29, 1.82) is 0 Å². The molecule has 0 unspecified atom stereocenters. The summed E-state index contributed by atoms with van der Waals surface area (Å²) in [7, 11) is 0. The van der Waals surface area contributed by atoms with Gasteiger partial charge in [0.25, 0.3) is 6.64 Å². The first kappa shape index (κ1) is 13.0. The molecule has 0 aliphatic carbocycles. The Balaban J connectivity index is 4.28. The van der Waals surface area contributed by atoms with Crippen LogP contribution in [0, 0.1) is 5.92 Å². The van der Waals surface area contributed by atoms with E-state index in [0.717, 1.165) is 0 Å². The molecule has 0 aromatic carbocycles. The van der Waals surface area contributed by atoms with Crippen molar-refractivity contribution in [3.8, 4) is 0 Å². The highest BCUT2D eigenvalue weighted by molar-refractivity contribution is 8.08. The molecule has 0 aromatic heterocycles. The molecular weight excluding hydrogens is 213 g/mol. The molecule has 0 fully saturated rings. The molecule has 0 saturated heterocycles. The Hall–Kier alpha value is 0. The summed E-state index contributed by atoms with van der Waals surface area (Å²) >= 11 is 4.28. The third-order valence-corrected chi connectivity index (χ3v) is 2.29. The number of nitrogens with one attached hydrogen (secondary N) is 1. The first-order valence-corrected chi connectivity index (χ1v) is 6.49. The largest absolute Gasteiger partial charge is 0.480 e. The van der Waals surface area contributed by atoms with E-state index in [1.807, 2.05) is 13.8 Å². The van der Waals surface area contributed by atoms with Crippen LogP contribution in [-0.4, -0.2) is 26.9 Å². The van der Waals surface area contributed by atoms with Gasteiger partial charge in [0.05, 0.1) is 0 Å². The van der Waals surface area contributed by atoms with E-state index in [2.05, 4.69) is 16.9 Å². The van der Waals surface area contributed by atoms with Gasteiger partial charge in [-0.3, -0.25) is 4.79 Å². The number of aliphatic carboxylic acids is 1. The Morgan fingerprint density at radius 3 is 2.23 bits per heavy atom. The quantitative estimate of drug-likeness (QED) is 0.504. The van der Waals surface area contributed by atoms with Crippen LogP contribution in [0.2, 0.25) is 0 Å². The zero-order chi connectivity index (χ0) is 10.6. The van der Waals surface area contributed by atoms with Crippen LogP contribution in [-0.2, 0) is 16.6 Å². The topological polar surface area (TPSA) is 89.8 Å². The van der Waals surface area contributed by atoms with Crippen LogP contribution in [0.4, 0.5) is 0 Å². The summed E-state index contributed by atoms with van der Waals surface area (Å²) < 4.78 is 0. The number of rotatable bonds is 5. The molecule has 4 N–H and O–H groups in total. The van der Waals surface area contributed by atoms with Crippen molar-refractivity contribution in [3.63, 3.8) is 0 Å². The molecule has 0 bridgehead atoms. The maximum atomic E-state index is 10.6. The van der Waals surface area contributed by atoms with Gasteiger partial charge in [-0.05, 0) is 24.1 Å². The summed E-state index contributed by atoms with van der Waals surface area (Å²) in [6.07, 6.45) is 0.314. The molecule has 0 amide bonds. The van der Waals surface area contributed by atoms with E-state index in [9.17, 15) is 4.79 Å². The first-order valence-electron chi connectivity index (χ1n) is 3.78.